The first-order valence-corrected chi connectivity index (χ1v) is 7.01. The topological polar surface area (TPSA) is 52.0 Å². The van der Waals surface area contributed by atoms with E-state index in [-0.39, 0.29) is 0 Å². The van der Waals surface area contributed by atoms with E-state index in [1.54, 1.807) is 6.33 Å². The highest BCUT2D eigenvalue weighted by molar-refractivity contribution is 5.37. The molecule has 3 rings (SSSR count). The second-order valence-corrected chi connectivity index (χ2v) is 5.41. The second-order valence-electron chi connectivity index (χ2n) is 5.41. The molecule has 20 heavy (non-hydrogen) atoms. The Morgan fingerprint density at radius 1 is 1.40 bits per heavy atom. The highest BCUT2D eigenvalue weighted by Crippen LogP contribution is 2.24. The van der Waals surface area contributed by atoms with Crippen LogP contribution in [-0.4, -0.2) is 20.8 Å². The highest BCUT2D eigenvalue weighted by atomic mass is 16.5. The third-order valence-electron chi connectivity index (χ3n) is 3.54. The Bertz CT molecular complexity index is 589. The number of nitrogens with one attached hydrogen (secondary N) is 1. The number of hydrogen-bond donors (Lipinski definition) is 1. The Kier molecular flexibility index (Phi) is 3.69. The summed E-state index contributed by atoms with van der Waals surface area (Å²) in [7, 11) is 1.92. The minimum absolute atomic E-state index is 0.440. The molecule has 0 radical (unpaired) electrons. The molecule has 1 saturated carbocycles. The standard InChI is InChI=1S/C15H20N4O/c1-11-3-6-14(12(7-11)8-16-13-4-5-13)20-9-15-18-17-10-19(15)2/h3,6-7,10,13,16H,4-5,8-9H2,1-2H3. The summed E-state index contributed by atoms with van der Waals surface area (Å²) in [5, 5.41) is 11.4. The molecule has 1 heterocycles. The lowest BCUT2D eigenvalue weighted by atomic mass is 10.1. The Morgan fingerprint density at radius 2 is 2.25 bits per heavy atom. The van der Waals surface area contributed by atoms with E-state index in [4.69, 9.17) is 4.74 Å². The molecule has 0 spiro atoms. The van der Waals surface area contributed by atoms with Crippen molar-refractivity contribution >= 4 is 0 Å². The summed E-state index contributed by atoms with van der Waals surface area (Å²) >= 11 is 0. The van der Waals surface area contributed by atoms with Crippen molar-refractivity contribution in [3.63, 3.8) is 0 Å². The van der Waals surface area contributed by atoms with Crippen molar-refractivity contribution in [1.82, 2.24) is 20.1 Å². The summed E-state index contributed by atoms with van der Waals surface area (Å²) in [6, 6.07) is 6.99. The van der Waals surface area contributed by atoms with Crippen LogP contribution in [0, 0.1) is 6.92 Å². The summed E-state index contributed by atoms with van der Waals surface area (Å²) in [5.74, 6) is 1.75. The summed E-state index contributed by atoms with van der Waals surface area (Å²) in [6.45, 7) is 3.41. The molecule has 0 bridgehead atoms. The number of rotatable bonds is 6. The van der Waals surface area contributed by atoms with Crippen LogP contribution >= 0.6 is 0 Å². The fraction of sp³-hybridized carbons (Fsp3) is 0.467. The SMILES string of the molecule is Cc1ccc(OCc2nncn2C)c(CNC2CC2)c1. The molecular weight excluding hydrogens is 252 g/mol. The third kappa shape index (κ3) is 3.17. The normalized spacial score (nSPS) is 14.5. The summed E-state index contributed by atoms with van der Waals surface area (Å²) < 4.78 is 7.78. The first kappa shape index (κ1) is 13.1. The molecule has 1 aliphatic carbocycles. The Hall–Kier alpha value is -1.88. The van der Waals surface area contributed by atoms with Crippen LogP contribution in [0.2, 0.25) is 0 Å². The van der Waals surface area contributed by atoms with Gasteiger partial charge >= 0.3 is 0 Å². The van der Waals surface area contributed by atoms with Crippen LogP contribution < -0.4 is 10.1 Å². The lowest BCUT2D eigenvalue weighted by Gasteiger charge is -2.12. The van der Waals surface area contributed by atoms with Gasteiger partial charge in [0, 0.05) is 25.2 Å². The Morgan fingerprint density at radius 3 is 2.95 bits per heavy atom. The van der Waals surface area contributed by atoms with Crippen LogP contribution in [0.1, 0.15) is 29.8 Å². The van der Waals surface area contributed by atoms with Gasteiger partial charge in [-0.2, -0.15) is 0 Å². The largest absolute Gasteiger partial charge is 0.485 e. The van der Waals surface area contributed by atoms with E-state index in [9.17, 15) is 0 Å². The molecule has 2 aromatic rings. The van der Waals surface area contributed by atoms with Gasteiger partial charge in [0.1, 0.15) is 18.7 Å². The van der Waals surface area contributed by atoms with Gasteiger partial charge in [-0.05, 0) is 25.8 Å². The van der Waals surface area contributed by atoms with Crippen LogP contribution in [0.25, 0.3) is 0 Å². The van der Waals surface area contributed by atoms with Gasteiger partial charge in [-0.25, -0.2) is 0 Å². The second kappa shape index (κ2) is 5.63. The van der Waals surface area contributed by atoms with E-state index >= 15 is 0 Å². The van der Waals surface area contributed by atoms with Crippen molar-refractivity contribution in [3.8, 4) is 5.75 Å². The Balaban J connectivity index is 1.68. The maximum Gasteiger partial charge on any atom is 0.170 e. The predicted molar refractivity (Wildman–Crippen MR) is 76.4 cm³/mol. The fourth-order valence-corrected chi connectivity index (χ4v) is 2.11. The van der Waals surface area contributed by atoms with Gasteiger partial charge in [-0.1, -0.05) is 17.7 Å². The molecule has 1 aromatic heterocycles. The molecule has 1 N–H and O–H groups in total. The molecule has 0 saturated heterocycles. The molecule has 5 nitrogen and oxygen atoms in total. The number of ether oxygens (including phenoxy) is 1. The molecule has 1 fully saturated rings. The lowest BCUT2D eigenvalue weighted by Crippen LogP contribution is -2.16. The molecule has 0 unspecified atom stereocenters. The first-order chi connectivity index (χ1) is 9.72. The Labute approximate surface area is 119 Å². The third-order valence-corrected chi connectivity index (χ3v) is 3.54. The lowest BCUT2D eigenvalue weighted by molar-refractivity contribution is 0.287. The van der Waals surface area contributed by atoms with Crippen molar-refractivity contribution in [3.05, 3.63) is 41.5 Å². The maximum atomic E-state index is 5.91. The van der Waals surface area contributed by atoms with Gasteiger partial charge in [0.25, 0.3) is 0 Å². The van der Waals surface area contributed by atoms with E-state index in [0.717, 1.165) is 18.1 Å². The van der Waals surface area contributed by atoms with Crippen molar-refractivity contribution in [1.29, 1.82) is 0 Å². The van der Waals surface area contributed by atoms with Crippen molar-refractivity contribution < 1.29 is 4.74 Å². The summed E-state index contributed by atoms with van der Waals surface area (Å²) in [4.78, 5) is 0. The van der Waals surface area contributed by atoms with Gasteiger partial charge in [-0.3, -0.25) is 0 Å². The number of aryl methyl sites for hydroxylation is 2. The van der Waals surface area contributed by atoms with Crippen molar-refractivity contribution in [2.75, 3.05) is 0 Å². The average molecular weight is 272 g/mol. The zero-order valence-corrected chi connectivity index (χ0v) is 12.0. The van der Waals surface area contributed by atoms with Gasteiger partial charge in [0.15, 0.2) is 5.82 Å². The quantitative estimate of drug-likeness (QED) is 0.873. The van der Waals surface area contributed by atoms with Crippen molar-refractivity contribution in [2.45, 2.75) is 39.0 Å². The molecule has 106 valence electrons. The van der Waals surface area contributed by atoms with E-state index in [1.165, 1.54) is 24.0 Å². The zero-order chi connectivity index (χ0) is 13.9. The van der Waals surface area contributed by atoms with E-state index in [0.29, 0.717) is 12.6 Å². The van der Waals surface area contributed by atoms with Gasteiger partial charge in [0.2, 0.25) is 0 Å². The molecule has 0 aliphatic heterocycles. The van der Waals surface area contributed by atoms with Crippen LogP contribution in [0.4, 0.5) is 0 Å². The van der Waals surface area contributed by atoms with E-state index < -0.39 is 0 Å². The van der Waals surface area contributed by atoms with Crippen molar-refractivity contribution in [2.24, 2.45) is 7.05 Å². The molecule has 5 heteroatoms. The van der Waals surface area contributed by atoms with Crippen LogP contribution in [0.3, 0.4) is 0 Å². The minimum Gasteiger partial charge on any atom is -0.485 e. The smallest absolute Gasteiger partial charge is 0.170 e. The van der Waals surface area contributed by atoms with Gasteiger partial charge < -0.3 is 14.6 Å². The van der Waals surface area contributed by atoms with E-state index in [1.807, 2.05) is 17.7 Å². The maximum absolute atomic E-state index is 5.91. The van der Waals surface area contributed by atoms with Crippen LogP contribution in [-0.2, 0) is 20.2 Å². The highest BCUT2D eigenvalue weighted by Gasteiger charge is 2.20. The number of aromatic nitrogens is 3. The number of hydrogen-bond acceptors (Lipinski definition) is 4. The summed E-state index contributed by atoms with van der Waals surface area (Å²) in [5.41, 5.74) is 2.46. The van der Waals surface area contributed by atoms with Gasteiger partial charge in [0.05, 0.1) is 0 Å². The number of nitrogens with zero attached hydrogens (tertiary/aromatic N) is 3. The van der Waals surface area contributed by atoms with E-state index in [2.05, 4.69) is 34.6 Å². The minimum atomic E-state index is 0.440. The monoisotopic (exact) mass is 272 g/mol. The molecule has 0 atom stereocenters. The predicted octanol–water partition coefficient (Wildman–Crippen LogP) is 1.95. The summed E-state index contributed by atoms with van der Waals surface area (Å²) in [6.07, 6.45) is 4.27. The van der Waals surface area contributed by atoms with Gasteiger partial charge in [-0.15, -0.1) is 10.2 Å². The average Bonchev–Trinajstić information content (AvgIpc) is 3.18. The van der Waals surface area contributed by atoms with Crippen LogP contribution in [0.15, 0.2) is 24.5 Å². The molecule has 0 amide bonds. The fourth-order valence-electron chi connectivity index (χ4n) is 2.11. The molecule has 1 aromatic carbocycles. The van der Waals surface area contributed by atoms with Crippen LogP contribution in [0.5, 0.6) is 5.75 Å². The zero-order valence-electron chi connectivity index (χ0n) is 12.0. The number of benzene rings is 1. The molecule has 1 aliphatic rings. The molecular formula is C15H20N4O. The first-order valence-electron chi connectivity index (χ1n) is 7.01.